The highest BCUT2D eigenvalue weighted by Crippen LogP contribution is 2.21. The highest BCUT2D eigenvalue weighted by molar-refractivity contribution is 5.68. The lowest BCUT2D eigenvalue weighted by Crippen LogP contribution is -2.36. The molecule has 1 aromatic rings. The lowest BCUT2D eigenvalue weighted by Gasteiger charge is -2.24. The van der Waals surface area contributed by atoms with Crippen LogP contribution in [0.1, 0.15) is 36.8 Å². The summed E-state index contributed by atoms with van der Waals surface area (Å²) in [5.74, 6) is 0.793. The molecule has 0 atom stereocenters. The van der Waals surface area contributed by atoms with Crippen molar-refractivity contribution in [1.82, 2.24) is 10.1 Å². The zero-order valence-corrected chi connectivity index (χ0v) is 10.4. The van der Waals surface area contributed by atoms with E-state index in [2.05, 4.69) is 12.1 Å². The van der Waals surface area contributed by atoms with E-state index in [1.54, 1.807) is 4.90 Å². The molecule has 0 saturated heterocycles. The van der Waals surface area contributed by atoms with E-state index in [4.69, 9.17) is 9.26 Å². The Hall–Kier alpha value is -1.52. The second kappa shape index (κ2) is 5.21. The van der Waals surface area contributed by atoms with E-state index < -0.39 is 0 Å². The number of carbonyl (C=O) groups is 1. The third kappa shape index (κ3) is 2.60. The van der Waals surface area contributed by atoms with Crippen LogP contribution in [0.4, 0.5) is 4.79 Å². The van der Waals surface area contributed by atoms with Crippen LogP contribution in [-0.4, -0.2) is 29.3 Å². The quantitative estimate of drug-likeness (QED) is 0.758. The van der Waals surface area contributed by atoms with Crippen LogP contribution in [0.25, 0.3) is 0 Å². The third-order valence-electron chi connectivity index (χ3n) is 3.01. The van der Waals surface area contributed by atoms with Gasteiger partial charge in [-0.15, -0.1) is 0 Å². The van der Waals surface area contributed by atoms with Gasteiger partial charge < -0.3 is 14.2 Å². The van der Waals surface area contributed by atoms with E-state index >= 15 is 0 Å². The molecule has 17 heavy (non-hydrogen) atoms. The molecule has 0 bridgehead atoms. The fourth-order valence-electron chi connectivity index (χ4n) is 1.93. The molecule has 2 rings (SSSR count). The van der Waals surface area contributed by atoms with Gasteiger partial charge in [-0.25, -0.2) is 4.79 Å². The Morgan fingerprint density at radius 2 is 2.41 bits per heavy atom. The number of nitrogens with zero attached hydrogens (tertiary/aromatic N) is 2. The van der Waals surface area contributed by atoms with Crippen LogP contribution in [0.2, 0.25) is 0 Å². The maximum atomic E-state index is 11.7. The first-order chi connectivity index (χ1) is 8.22. The molecule has 0 aliphatic carbocycles. The van der Waals surface area contributed by atoms with Gasteiger partial charge in [-0.1, -0.05) is 18.5 Å². The highest BCUT2D eigenvalue weighted by Gasteiger charge is 2.26. The third-order valence-corrected chi connectivity index (χ3v) is 3.01. The highest BCUT2D eigenvalue weighted by atomic mass is 16.6. The number of fused-ring (bicyclic) bond motifs is 1. The van der Waals surface area contributed by atoms with Gasteiger partial charge in [0.25, 0.3) is 0 Å². The number of rotatable bonds is 3. The molecule has 0 N–H and O–H groups in total. The molecule has 5 heteroatoms. The fraction of sp³-hybridized carbons (Fsp3) is 0.667. The van der Waals surface area contributed by atoms with Gasteiger partial charge in [0.15, 0.2) is 5.76 Å². The molecule has 94 valence electrons. The normalized spacial score (nSPS) is 14.6. The smallest absolute Gasteiger partial charge is 0.410 e. The predicted octanol–water partition coefficient (Wildman–Crippen LogP) is 2.28. The van der Waals surface area contributed by atoms with Crippen LogP contribution in [0, 0.1) is 6.92 Å². The monoisotopic (exact) mass is 238 g/mol. The van der Waals surface area contributed by atoms with Crippen molar-refractivity contribution in [2.75, 3.05) is 13.2 Å². The summed E-state index contributed by atoms with van der Waals surface area (Å²) < 4.78 is 10.4. The number of unbranched alkanes of at least 4 members (excludes halogenated alkanes) is 1. The summed E-state index contributed by atoms with van der Waals surface area (Å²) in [5.41, 5.74) is 2.07. The van der Waals surface area contributed by atoms with Crippen LogP contribution in [-0.2, 0) is 17.7 Å². The van der Waals surface area contributed by atoms with E-state index in [-0.39, 0.29) is 6.09 Å². The van der Waals surface area contributed by atoms with Gasteiger partial charge in [-0.3, -0.25) is 0 Å². The van der Waals surface area contributed by atoms with E-state index in [1.165, 1.54) is 0 Å². The second-order valence-corrected chi connectivity index (χ2v) is 4.31. The van der Waals surface area contributed by atoms with Crippen molar-refractivity contribution < 1.29 is 14.1 Å². The van der Waals surface area contributed by atoms with Crippen molar-refractivity contribution in [3.05, 3.63) is 17.0 Å². The summed E-state index contributed by atoms with van der Waals surface area (Å²) in [6.07, 6.45) is 2.48. The average Bonchev–Trinajstić information content (AvgIpc) is 2.71. The number of aromatic nitrogens is 1. The standard InChI is InChI=1S/C12H18N2O3/c1-3-4-7-16-12(15)14-6-5-10-9(2)13-17-11(10)8-14/h3-8H2,1-2H3. The first-order valence-corrected chi connectivity index (χ1v) is 6.08. The van der Waals surface area contributed by atoms with Crippen molar-refractivity contribution >= 4 is 6.09 Å². The lowest BCUT2D eigenvalue weighted by atomic mass is 10.1. The topological polar surface area (TPSA) is 55.6 Å². The molecular formula is C12H18N2O3. The van der Waals surface area contributed by atoms with Crippen LogP contribution >= 0.6 is 0 Å². The summed E-state index contributed by atoms with van der Waals surface area (Å²) in [6.45, 7) is 5.64. The number of carbonyl (C=O) groups excluding carboxylic acids is 1. The van der Waals surface area contributed by atoms with Gasteiger partial charge in [0.2, 0.25) is 0 Å². The van der Waals surface area contributed by atoms with Crippen molar-refractivity contribution in [1.29, 1.82) is 0 Å². The molecule has 1 aliphatic heterocycles. The van der Waals surface area contributed by atoms with E-state index in [9.17, 15) is 4.79 Å². The van der Waals surface area contributed by atoms with Gasteiger partial charge in [0.1, 0.15) is 0 Å². The molecule has 0 unspecified atom stereocenters. The summed E-state index contributed by atoms with van der Waals surface area (Å²) in [7, 11) is 0. The minimum absolute atomic E-state index is 0.252. The van der Waals surface area contributed by atoms with Crippen molar-refractivity contribution in [3.8, 4) is 0 Å². The Morgan fingerprint density at radius 3 is 3.18 bits per heavy atom. The summed E-state index contributed by atoms with van der Waals surface area (Å²) in [6, 6.07) is 0. The summed E-state index contributed by atoms with van der Waals surface area (Å²) >= 11 is 0. The van der Waals surface area contributed by atoms with Gasteiger partial charge in [-0.05, 0) is 19.8 Å². The number of ether oxygens (including phenoxy) is 1. The zero-order chi connectivity index (χ0) is 12.3. The molecule has 2 heterocycles. The van der Waals surface area contributed by atoms with E-state index in [1.807, 2.05) is 6.92 Å². The minimum Gasteiger partial charge on any atom is -0.449 e. The van der Waals surface area contributed by atoms with Crippen LogP contribution in [0.5, 0.6) is 0 Å². The molecule has 1 amide bonds. The Bertz CT molecular complexity index is 400. The number of aryl methyl sites for hydroxylation is 1. The maximum Gasteiger partial charge on any atom is 0.410 e. The molecule has 0 saturated carbocycles. The zero-order valence-electron chi connectivity index (χ0n) is 10.4. The van der Waals surface area contributed by atoms with Crippen LogP contribution in [0.3, 0.4) is 0 Å². The van der Waals surface area contributed by atoms with Crippen molar-refractivity contribution in [2.24, 2.45) is 0 Å². The van der Waals surface area contributed by atoms with E-state index in [0.29, 0.717) is 19.7 Å². The largest absolute Gasteiger partial charge is 0.449 e. The lowest BCUT2D eigenvalue weighted by molar-refractivity contribution is 0.0924. The second-order valence-electron chi connectivity index (χ2n) is 4.31. The number of hydrogen-bond donors (Lipinski definition) is 0. The number of amides is 1. The maximum absolute atomic E-state index is 11.7. The average molecular weight is 238 g/mol. The molecule has 0 fully saturated rings. The van der Waals surface area contributed by atoms with E-state index in [0.717, 1.165) is 36.3 Å². The Balaban J connectivity index is 1.91. The van der Waals surface area contributed by atoms with Gasteiger partial charge in [0.05, 0.1) is 18.8 Å². The first kappa shape index (κ1) is 12.0. The molecule has 0 spiro atoms. The molecule has 1 aliphatic rings. The fourth-order valence-corrected chi connectivity index (χ4v) is 1.93. The van der Waals surface area contributed by atoms with Crippen LogP contribution < -0.4 is 0 Å². The van der Waals surface area contributed by atoms with Crippen molar-refractivity contribution in [2.45, 2.75) is 39.7 Å². The molecule has 1 aromatic heterocycles. The SMILES string of the molecule is CCCCOC(=O)N1CCc2c(C)noc2C1. The van der Waals surface area contributed by atoms with Gasteiger partial charge in [0, 0.05) is 12.1 Å². The molecule has 5 nitrogen and oxygen atoms in total. The molecular weight excluding hydrogens is 220 g/mol. The Kier molecular flexibility index (Phi) is 3.66. The van der Waals surface area contributed by atoms with Gasteiger partial charge in [-0.2, -0.15) is 0 Å². The Morgan fingerprint density at radius 1 is 1.59 bits per heavy atom. The van der Waals surface area contributed by atoms with Crippen molar-refractivity contribution in [3.63, 3.8) is 0 Å². The van der Waals surface area contributed by atoms with Crippen LogP contribution in [0.15, 0.2) is 4.52 Å². The molecule has 0 aromatic carbocycles. The summed E-state index contributed by atoms with van der Waals surface area (Å²) in [4.78, 5) is 13.4. The first-order valence-electron chi connectivity index (χ1n) is 6.08. The molecule has 0 radical (unpaired) electrons. The van der Waals surface area contributed by atoms with Gasteiger partial charge >= 0.3 is 6.09 Å². The number of hydrogen-bond acceptors (Lipinski definition) is 4. The predicted molar refractivity (Wildman–Crippen MR) is 61.6 cm³/mol. The Labute approximate surface area is 101 Å². The summed E-state index contributed by atoms with van der Waals surface area (Å²) in [5, 5.41) is 3.91. The minimum atomic E-state index is -0.252.